The van der Waals surface area contributed by atoms with Crippen LogP contribution in [0, 0.1) is 0 Å². The van der Waals surface area contributed by atoms with E-state index in [0.717, 1.165) is 24.3 Å². The van der Waals surface area contributed by atoms with Gasteiger partial charge in [0.1, 0.15) is 11.3 Å². The molecule has 0 spiro atoms. The van der Waals surface area contributed by atoms with Gasteiger partial charge in [-0.15, -0.1) is 0 Å². The molecule has 1 fully saturated rings. The Balaban J connectivity index is 1.78. The third-order valence-electron chi connectivity index (χ3n) is 3.83. The third-order valence-corrected chi connectivity index (χ3v) is 5.05. The van der Waals surface area contributed by atoms with Crippen LogP contribution in [0.15, 0.2) is 28.7 Å². The van der Waals surface area contributed by atoms with Gasteiger partial charge in [-0.1, -0.05) is 25.1 Å². The van der Waals surface area contributed by atoms with Gasteiger partial charge in [0.2, 0.25) is 0 Å². The molecule has 102 valence electrons. The first-order valence-electron chi connectivity index (χ1n) is 7.19. The normalized spacial score (nSPS) is 19.9. The minimum absolute atomic E-state index is 0.664. The van der Waals surface area contributed by atoms with E-state index in [-0.39, 0.29) is 0 Å². The summed E-state index contributed by atoms with van der Waals surface area (Å²) in [6.07, 6.45) is 3.62. The molecule has 1 saturated heterocycles. The van der Waals surface area contributed by atoms with Crippen molar-refractivity contribution in [2.75, 3.05) is 11.5 Å². The zero-order valence-electron chi connectivity index (χ0n) is 11.4. The van der Waals surface area contributed by atoms with E-state index in [1.54, 1.807) is 0 Å². The van der Waals surface area contributed by atoms with Gasteiger partial charge in [0.15, 0.2) is 0 Å². The molecule has 0 bridgehead atoms. The van der Waals surface area contributed by atoms with E-state index in [1.807, 2.05) is 6.07 Å². The zero-order valence-corrected chi connectivity index (χ0v) is 12.3. The maximum Gasteiger partial charge on any atom is 0.134 e. The van der Waals surface area contributed by atoms with Gasteiger partial charge in [0, 0.05) is 35.7 Å². The molecule has 0 saturated carbocycles. The summed E-state index contributed by atoms with van der Waals surface area (Å²) < 4.78 is 5.94. The van der Waals surface area contributed by atoms with E-state index in [0.29, 0.717) is 6.04 Å². The monoisotopic (exact) mass is 275 g/mol. The molecule has 3 heteroatoms. The van der Waals surface area contributed by atoms with Crippen molar-refractivity contribution in [3.8, 4) is 0 Å². The SMILES string of the molecule is CCc1oc2ccccc2c1CNC1CCCSC1. The number of para-hydroxylation sites is 1. The highest BCUT2D eigenvalue weighted by Crippen LogP contribution is 2.26. The second kappa shape index (κ2) is 6.02. The molecule has 1 unspecified atom stereocenters. The predicted molar refractivity (Wildman–Crippen MR) is 82.8 cm³/mol. The molecule has 1 aromatic carbocycles. The fourth-order valence-electron chi connectivity index (χ4n) is 2.78. The molecule has 2 nitrogen and oxygen atoms in total. The molecule has 2 heterocycles. The van der Waals surface area contributed by atoms with Gasteiger partial charge >= 0.3 is 0 Å². The van der Waals surface area contributed by atoms with Gasteiger partial charge in [-0.2, -0.15) is 11.8 Å². The van der Waals surface area contributed by atoms with E-state index in [4.69, 9.17) is 4.42 Å². The molecular formula is C16H21NOS. The van der Waals surface area contributed by atoms with Crippen LogP contribution in [0.1, 0.15) is 31.1 Å². The number of furan rings is 1. The van der Waals surface area contributed by atoms with Crippen molar-refractivity contribution in [1.82, 2.24) is 5.32 Å². The molecule has 1 N–H and O–H groups in total. The lowest BCUT2D eigenvalue weighted by atomic mass is 10.1. The highest BCUT2D eigenvalue weighted by atomic mass is 32.2. The van der Waals surface area contributed by atoms with Crippen LogP contribution in [-0.2, 0) is 13.0 Å². The summed E-state index contributed by atoms with van der Waals surface area (Å²) in [5.41, 5.74) is 2.38. The van der Waals surface area contributed by atoms with Crippen molar-refractivity contribution in [2.45, 2.75) is 38.8 Å². The summed E-state index contributed by atoms with van der Waals surface area (Å²) in [5.74, 6) is 3.71. The number of rotatable bonds is 4. The quantitative estimate of drug-likeness (QED) is 0.913. The standard InChI is InChI=1S/C16H21NOS/c1-2-15-14(10-17-12-6-5-9-19-11-12)13-7-3-4-8-16(13)18-15/h3-4,7-8,12,17H,2,5-6,9-11H2,1H3. The first kappa shape index (κ1) is 13.1. The number of hydrogen-bond acceptors (Lipinski definition) is 3. The number of nitrogens with one attached hydrogen (secondary N) is 1. The van der Waals surface area contributed by atoms with Crippen molar-refractivity contribution in [3.05, 3.63) is 35.6 Å². The smallest absolute Gasteiger partial charge is 0.134 e. The average molecular weight is 275 g/mol. The van der Waals surface area contributed by atoms with Crippen LogP contribution in [0.2, 0.25) is 0 Å². The first-order valence-corrected chi connectivity index (χ1v) is 8.34. The second-order valence-electron chi connectivity index (χ2n) is 5.15. The number of thioether (sulfide) groups is 1. The van der Waals surface area contributed by atoms with Crippen LogP contribution in [0.25, 0.3) is 11.0 Å². The summed E-state index contributed by atoms with van der Waals surface area (Å²) in [4.78, 5) is 0. The van der Waals surface area contributed by atoms with Crippen LogP contribution in [0.5, 0.6) is 0 Å². The van der Waals surface area contributed by atoms with E-state index in [1.165, 1.54) is 35.3 Å². The van der Waals surface area contributed by atoms with E-state index < -0.39 is 0 Å². The number of benzene rings is 1. The Bertz CT molecular complexity index is 543. The van der Waals surface area contributed by atoms with Gasteiger partial charge in [-0.25, -0.2) is 0 Å². The van der Waals surface area contributed by atoms with Crippen molar-refractivity contribution < 1.29 is 4.42 Å². The van der Waals surface area contributed by atoms with E-state index in [9.17, 15) is 0 Å². The Morgan fingerprint density at radius 1 is 1.37 bits per heavy atom. The van der Waals surface area contributed by atoms with E-state index >= 15 is 0 Å². The predicted octanol–water partition coefficient (Wildman–Crippen LogP) is 3.98. The van der Waals surface area contributed by atoms with Gasteiger partial charge in [0.25, 0.3) is 0 Å². The van der Waals surface area contributed by atoms with Crippen LogP contribution in [0.3, 0.4) is 0 Å². The number of fused-ring (bicyclic) bond motifs is 1. The number of hydrogen-bond donors (Lipinski definition) is 1. The Morgan fingerprint density at radius 2 is 2.26 bits per heavy atom. The molecule has 19 heavy (non-hydrogen) atoms. The van der Waals surface area contributed by atoms with Crippen molar-refractivity contribution in [3.63, 3.8) is 0 Å². The number of aryl methyl sites for hydroxylation is 1. The fraction of sp³-hybridized carbons (Fsp3) is 0.500. The maximum atomic E-state index is 5.94. The Kier molecular flexibility index (Phi) is 4.14. The lowest BCUT2D eigenvalue weighted by molar-refractivity contribution is 0.496. The molecule has 1 aliphatic rings. The summed E-state index contributed by atoms with van der Waals surface area (Å²) in [6, 6.07) is 9.04. The first-order chi connectivity index (χ1) is 9.38. The summed E-state index contributed by atoms with van der Waals surface area (Å²) >= 11 is 2.07. The summed E-state index contributed by atoms with van der Waals surface area (Å²) in [7, 11) is 0. The largest absolute Gasteiger partial charge is 0.461 e. The molecule has 1 aromatic heterocycles. The van der Waals surface area contributed by atoms with Gasteiger partial charge in [-0.05, 0) is 24.7 Å². The molecule has 3 rings (SSSR count). The highest BCUT2D eigenvalue weighted by Gasteiger charge is 2.16. The minimum atomic E-state index is 0.664. The van der Waals surface area contributed by atoms with Gasteiger partial charge < -0.3 is 9.73 Å². The molecule has 1 aliphatic heterocycles. The van der Waals surface area contributed by atoms with Crippen LogP contribution >= 0.6 is 11.8 Å². The molecule has 1 atom stereocenters. The highest BCUT2D eigenvalue weighted by molar-refractivity contribution is 7.99. The van der Waals surface area contributed by atoms with Gasteiger partial charge in [-0.3, -0.25) is 0 Å². The second-order valence-corrected chi connectivity index (χ2v) is 6.30. The van der Waals surface area contributed by atoms with Crippen molar-refractivity contribution in [2.24, 2.45) is 0 Å². The van der Waals surface area contributed by atoms with Crippen molar-refractivity contribution >= 4 is 22.7 Å². The zero-order chi connectivity index (χ0) is 13.1. The van der Waals surface area contributed by atoms with Crippen LogP contribution < -0.4 is 5.32 Å². The summed E-state index contributed by atoms with van der Waals surface area (Å²) in [5, 5.41) is 4.98. The lowest BCUT2D eigenvalue weighted by Gasteiger charge is -2.22. The Labute approximate surface area is 118 Å². The van der Waals surface area contributed by atoms with Crippen LogP contribution in [-0.4, -0.2) is 17.5 Å². The molecular weight excluding hydrogens is 254 g/mol. The third kappa shape index (κ3) is 2.82. The molecule has 2 aromatic rings. The summed E-state index contributed by atoms with van der Waals surface area (Å²) in [6.45, 7) is 3.10. The average Bonchev–Trinajstić information content (AvgIpc) is 2.84. The molecule has 0 aliphatic carbocycles. The maximum absolute atomic E-state index is 5.94. The molecule has 0 radical (unpaired) electrons. The van der Waals surface area contributed by atoms with Crippen LogP contribution in [0.4, 0.5) is 0 Å². The van der Waals surface area contributed by atoms with E-state index in [2.05, 4.69) is 42.2 Å². The lowest BCUT2D eigenvalue weighted by Crippen LogP contribution is -2.33. The Morgan fingerprint density at radius 3 is 3.05 bits per heavy atom. The Hall–Kier alpha value is -0.930. The topological polar surface area (TPSA) is 25.2 Å². The molecule has 0 amide bonds. The van der Waals surface area contributed by atoms with Gasteiger partial charge in [0.05, 0.1) is 0 Å². The fourth-order valence-corrected chi connectivity index (χ4v) is 3.88. The minimum Gasteiger partial charge on any atom is -0.461 e. The van der Waals surface area contributed by atoms with Crippen molar-refractivity contribution in [1.29, 1.82) is 0 Å².